The summed E-state index contributed by atoms with van der Waals surface area (Å²) in [7, 11) is 0. The van der Waals surface area contributed by atoms with Gasteiger partial charge in [0.25, 0.3) is 11.8 Å². The number of ketones is 1. The van der Waals surface area contributed by atoms with Crippen LogP contribution < -0.4 is 21.3 Å². The van der Waals surface area contributed by atoms with E-state index in [1.165, 1.54) is 23.5 Å². The van der Waals surface area contributed by atoms with Crippen LogP contribution in [0.4, 0.5) is 0 Å². The Labute approximate surface area is 271 Å². The summed E-state index contributed by atoms with van der Waals surface area (Å²) in [5.74, 6) is -3.83. The summed E-state index contributed by atoms with van der Waals surface area (Å²) < 4.78 is 0. The molecule has 0 radical (unpaired) electrons. The summed E-state index contributed by atoms with van der Waals surface area (Å²) in [6.45, 7) is 16.8. The molecule has 1 saturated heterocycles. The third kappa shape index (κ3) is 9.10. The predicted octanol–water partition coefficient (Wildman–Crippen LogP) is 1.77. The van der Waals surface area contributed by atoms with Crippen molar-refractivity contribution < 1.29 is 28.8 Å². The number of hydrogen-bond donors (Lipinski definition) is 4. The average molecular weight is 642 g/mol. The molecule has 3 rings (SSSR count). The summed E-state index contributed by atoms with van der Waals surface area (Å²) in [4.78, 5) is 89.8. The number of likely N-dealkylation sites (tertiary alicyclic amines) is 1. The number of amides is 5. The number of hydrogen-bond acceptors (Lipinski definition) is 8. The second-order valence-electron chi connectivity index (χ2n) is 14.9. The number of Topliss-reactive ketones (excluding diaryl/α,β-unsaturated/α-hetero) is 1. The molecule has 2 fully saturated rings. The Bertz CT molecular complexity index is 1300. The molecule has 1 aliphatic carbocycles. The Hall–Kier alpha value is -3.90. The van der Waals surface area contributed by atoms with Gasteiger partial charge in [-0.2, -0.15) is 0 Å². The minimum atomic E-state index is -1.05. The fourth-order valence-electron chi connectivity index (χ4n) is 5.59. The second-order valence-corrected chi connectivity index (χ2v) is 14.9. The topological polar surface area (TPSA) is 180 Å². The van der Waals surface area contributed by atoms with Gasteiger partial charge >= 0.3 is 0 Å². The van der Waals surface area contributed by atoms with Gasteiger partial charge in [-0.15, -0.1) is 0 Å². The molecule has 2 aliphatic rings. The zero-order chi connectivity index (χ0) is 34.6. The molecule has 1 unspecified atom stereocenters. The lowest BCUT2D eigenvalue weighted by atomic mass is 9.83. The molecule has 0 aromatic carbocycles. The molecule has 254 valence electrons. The first kappa shape index (κ1) is 36.6. The van der Waals surface area contributed by atoms with Gasteiger partial charge < -0.3 is 26.2 Å². The Morgan fingerprint density at radius 2 is 1.54 bits per heavy atom. The van der Waals surface area contributed by atoms with E-state index in [2.05, 4.69) is 31.2 Å². The van der Waals surface area contributed by atoms with E-state index in [0.29, 0.717) is 6.42 Å². The lowest BCUT2D eigenvalue weighted by Crippen LogP contribution is -2.63. The molecule has 1 aliphatic heterocycles. The van der Waals surface area contributed by atoms with E-state index in [0.717, 1.165) is 12.8 Å². The van der Waals surface area contributed by atoms with E-state index >= 15 is 0 Å². The van der Waals surface area contributed by atoms with Crippen molar-refractivity contribution in [3.05, 3.63) is 24.3 Å². The van der Waals surface area contributed by atoms with Gasteiger partial charge in [-0.3, -0.25) is 33.8 Å². The molecule has 5 amide bonds. The van der Waals surface area contributed by atoms with Crippen molar-refractivity contribution in [2.45, 2.75) is 118 Å². The minimum Gasteiger partial charge on any atom is -0.347 e. The predicted molar refractivity (Wildman–Crippen MR) is 171 cm³/mol. The zero-order valence-corrected chi connectivity index (χ0v) is 28.6. The van der Waals surface area contributed by atoms with Crippen LogP contribution in [0.5, 0.6) is 0 Å². The zero-order valence-electron chi connectivity index (χ0n) is 28.6. The van der Waals surface area contributed by atoms with Crippen molar-refractivity contribution in [2.75, 3.05) is 6.54 Å². The Morgan fingerprint density at radius 3 is 2.07 bits per heavy atom. The molecule has 6 atom stereocenters. The van der Waals surface area contributed by atoms with Crippen LogP contribution in [-0.2, 0) is 24.0 Å². The summed E-state index contributed by atoms with van der Waals surface area (Å²) >= 11 is 0. The highest BCUT2D eigenvalue weighted by atomic mass is 16.2. The Morgan fingerprint density at radius 1 is 0.913 bits per heavy atom. The maximum Gasteiger partial charge on any atom is 0.289 e. The number of carbonyl (C=O) groups is 6. The summed E-state index contributed by atoms with van der Waals surface area (Å²) in [6.07, 6.45) is 6.61. The van der Waals surface area contributed by atoms with E-state index < -0.39 is 70.3 Å². The third-order valence-corrected chi connectivity index (χ3v) is 8.71. The number of aromatic nitrogens is 2. The molecule has 1 aromatic heterocycles. The average Bonchev–Trinajstić information content (AvgIpc) is 3.74. The lowest BCUT2D eigenvalue weighted by Gasteiger charge is -2.38. The summed E-state index contributed by atoms with van der Waals surface area (Å²) in [5.41, 5.74) is -1.47. The van der Waals surface area contributed by atoms with Crippen LogP contribution in [0.15, 0.2) is 18.6 Å². The monoisotopic (exact) mass is 641 g/mol. The molecule has 46 heavy (non-hydrogen) atoms. The highest BCUT2D eigenvalue weighted by molar-refractivity contribution is 6.38. The summed E-state index contributed by atoms with van der Waals surface area (Å²) in [5, 5.41) is 11.1. The van der Waals surface area contributed by atoms with Crippen molar-refractivity contribution in [2.24, 2.45) is 22.7 Å². The first-order valence-electron chi connectivity index (χ1n) is 16.2. The number of nitrogens with one attached hydrogen (secondary N) is 4. The van der Waals surface area contributed by atoms with Gasteiger partial charge in [0.2, 0.25) is 23.5 Å². The Balaban J connectivity index is 1.84. The molecular weight excluding hydrogens is 590 g/mol. The molecule has 2 heterocycles. The quantitative estimate of drug-likeness (QED) is 0.249. The molecular formula is C33H51N7O6. The lowest BCUT2D eigenvalue weighted by molar-refractivity contribution is -0.146. The molecule has 0 spiro atoms. The van der Waals surface area contributed by atoms with Gasteiger partial charge in [0.05, 0.1) is 12.2 Å². The molecule has 4 N–H and O–H groups in total. The van der Waals surface area contributed by atoms with Gasteiger partial charge in [0.1, 0.15) is 23.8 Å². The first-order valence-corrected chi connectivity index (χ1v) is 16.2. The largest absolute Gasteiger partial charge is 0.347 e. The van der Waals surface area contributed by atoms with Gasteiger partial charge in [0.15, 0.2) is 0 Å². The van der Waals surface area contributed by atoms with E-state index in [9.17, 15) is 28.8 Å². The summed E-state index contributed by atoms with van der Waals surface area (Å²) in [6, 6.07) is -4.01. The molecule has 0 bridgehead atoms. The maximum atomic E-state index is 14.3. The highest BCUT2D eigenvalue weighted by Gasteiger charge is 2.49. The third-order valence-electron chi connectivity index (χ3n) is 8.71. The van der Waals surface area contributed by atoms with Crippen LogP contribution in [0.1, 0.15) is 98.5 Å². The van der Waals surface area contributed by atoms with Crippen LogP contribution in [0.2, 0.25) is 0 Å². The van der Waals surface area contributed by atoms with E-state index in [4.69, 9.17) is 0 Å². The number of nitrogens with zero attached hydrogens (tertiary/aromatic N) is 3. The van der Waals surface area contributed by atoms with Crippen LogP contribution in [0.3, 0.4) is 0 Å². The fourth-order valence-corrected chi connectivity index (χ4v) is 5.59. The van der Waals surface area contributed by atoms with E-state index in [-0.39, 0.29) is 36.5 Å². The van der Waals surface area contributed by atoms with Gasteiger partial charge in [-0.25, -0.2) is 4.98 Å². The smallest absolute Gasteiger partial charge is 0.289 e. The van der Waals surface area contributed by atoms with Crippen LogP contribution in [0, 0.1) is 22.7 Å². The minimum absolute atomic E-state index is 0.000928. The number of rotatable bonds is 12. The van der Waals surface area contributed by atoms with Crippen LogP contribution in [0.25, 0.3) is 0 Å². The second kappa shape index (κ2) is 14.7. The highest BCUT2D eigenvalue weighted by Crippen LogP contribution is 2.33. The van der Waals surface area contributed by atoms with Crippen molar-refractivity contribution in [3.63, 3.8) is 0 Å². The standard InChI is InChI=1S/C33H51N7O6/c1-10-11-21(24(41)29(44)36-20-12-13-20)37-28(43)23-19(3)18(2)17-40(23)31(46)26(33(7,8)9)39-30(45)25(32(4,5)6)38-27(42)22-16-34-14-15-35-22/h14-16,18-21,23,25-26H,10-13,17H2,1-9H3,(H,36,44)(H,37,43)(H,38,42)(H,39,45)/t18-,19-,21?,23-,25+,26+/m0/s1. The van der Waals surface area contributed by atoms with Crippen LogP contribution >= 0.6 is 0 Å². The molecule has 13 heteroatoms. The molecule has 13 nitrogen and oxygen atoms in total. The first-order chi connectivity index (χ1) is 21.4. The van der Waals surface area contributed by atoms with Crippen LogP contribution in [-0.4, -0.2) is 86.9 Å². The van der Waals surface area contributed by atoms with Crippen molar-refractivity contribution in [3.8, 4) is 0 Å². The van der Waals surface area contributed by atoms with Crippen molar-refractivity contribution in [1.29, 1.82) is 0 Å². The number of carbonyl (C=O) groups excluding carboxylic acids is 6. The van der Waals surface area contributed by atoms with Gasteiger partial charge in [-0.05, 0) is 41.9 Å². The molecule has 1 aromatic rings. The van der Waals surface area contributed by atoms with Crippen molar-refractivity contribution in [1.82, 2.24) is 36.1 Å². The van der Waals surface area contributed by atoms with E-state index in [1.54, 1.807) is 20.8 Å². The van der Waals surface area contributed by atoms with Gasteiger partial charge in [0, 0.05) is 25.0 Å². The van der Waals surface area contributed by atoms with Crippen molar-refractivity contribution >= 4 is 35.3 Å². The Kier molecular flexibility index (Phi) is 11.7. The molecule has 1 saturated carbocycles. The van der Waals surface area contributed by atoms with E-state index in [1.807, 2.05) is 41.5 Å². The fraction of sp³-hybridized carbons (Fsp3) is 0.697. The maximum absolute atomic E-state index is 14.3. The van der Waals surface area contributed by atoms with Gasteiger partial charge in [-0.1, -0.05) is 68.7 Å². The normalized spacial score (nSPS) is 21.8. The SMILES string of the molecule is CCCC(NC(=O)[C@@H]1[C@@H](C)[C@@H](C)CN1C(=O)[C@@H](NC(=O)[C@@H](NC(=O)c1cnccn1)C(C)(C)C)C(C)(C)C)C(=O)C(=O)NC1CC1.